The van der Waals surface area contributed by atoms with Gasteiger partial charge in [-0.1, -0.05) is 35.9 Å². The van der Waals surface area contributed by atoms with E-state index in [0.717, 1.165) is 17.0 Å². The summed E-state index contributed by atoms with van der Waals surface area (Å²) in [6.07, 6.45) is 0. The van der Waals surface area contributed by atoms with Crippen LogP contribution in [-0.4, -0.2) is 13.2 Å². The van der Waals surface area contributed by atoms with Gasteiger partial charge in [-0.25, -0.2) is 0 Å². The van der Waals surface area contributed by atoms with Crippen molar-refractivity contribution in [2.75, 3.05) is 18.5 Å². The molecule has 1 unspecified atom stereocenters. The van der Waals surface area contributed by atoms with Crippen LogP contribution >= 0.6 is 11.6 Å². The number of para-hydroxylation sites is 1. The van der Waals surface area contributed by atoms with E-state index in [1.54, 1.807) is 0 Å². The molecule has 106 valence electrons. The second kappa shape index (κ2) is 7.17. The number of nitrogens with two attached hydrogens (primary N) is 1. The van der Waals surface area contributed by atoms with Gasteiger partial charge in [0.2, 0.25) is 0 Å². The van der Waals surface area contributed by atoms with Gasteiger partial charge in [0.1, 0.15) is 5.75 Å². The van der Waals surface area contributed by atoms with Gasteiger partial charge in [0.05, 0.1) is 23.4 Å². The smallest absolute Gasteiger partial charge is 0.119 e. The zero-order chi connectivity index (χ0) is 14.4. The summed E-state index contributed by atoms with van der Waals surface area (Å²) in [5.74, 6) is 0.866. The van der Waals surface area contributed by atoms with Crippen LogP contribution in [0.3, 0.4) is 0 Å². The van der Waals surface area contributed by atoms with Gasteiger partial charge in [0, 0.05) is 6.54 Å². The zero-order valence-electron chi connectivity index (χ0n) is 11.5. The Morgan fingerprint density at radius 3 is 2.45 bits per heavy atom. The summed E-state index contributed by atoms with van der Waals surface area (Å²) in [4.78, 5) is 0. The first-order valence-corrected chi connectivity index (χ1v) is 7.06. The van der Waals surface area contributed by atoms with E-state index in [9.17, 15) is 0 Å². The lowest BCUT2D eigenvalue weighted by Crippen LogP contribution is -2.20. The van der Waals surface area contributed by atoms with Crippen molar-refractivity contribution in [2.24, 2.45) is 5.73 Å². The topological polar surface area (TPSA) is 47.3 Å². The van der Waals surface area contributed by atoms with Crippen molar-refractivity contribution < 1.29 is 4.74 Å². The predicted octanol–water partition coefficient (Wildman–Crippen LogP) is 3.85. The van der Waals surface area contributed by atoms with Gasteiger partial charge in [-0.05, 0) is 36.8 Å². The van der Waals surface area contributed by atoms with Crippen LogP contribution in [0.4, 0.5) is 5.69 Å². The molecular formula is C16H19ClN2O. The number of hydrogen-bond donors (Lipinski definition) is 2. The van der Waals surface area contributed by atoms with Crippen LogP contribution < -0.4 is 15.8 Å². The Kier molecular flexibility index (Phi) is 5.27. The second-order valence-electron chi connectivity index (χ2n) is 4.41. The molecule has 0 radical (unpaired) electrons. The maximum absolute atomic E-state index is 6.16. The van der Waals surface area contributed by atoms with Crippen LogP contribution in [0.1, 0.15) is 18.5 Å². The zero-order valence-corrected chi connectivity index (χ0v) is 12.2. The lowest BCUT2D eigenvalue weighted by atomic mass is 10.1. The molecule has 0 aliphatic rings. The van der Waals surface area contributed by atoms with E-state index in [1.165, 1.54) is 0 Å². The van der Waals surface area contributed by atoms with E-state index in [2.05, 4.69) is 5.32 Å². The standard InChI is InChI=1S/C16H19ClN2O/c1-2-20-13-9-7-12(8-10-13)16(11-18)19-15-6-4-3-5-14(15)17/h3-10,16,19H,2,11,18H2,1H3. The molecule has 2 rings (SSSR count). The molecule has 0 heterocycles. The molecule has 0 saturated heterocycles. The van der Waals surface area contributed by atoms with Crippen LogP contribution in [0.2, 0.25) is 5.02 Å². The summed E-state index contributed by atoms with van der Waals surface area (Å²) in [6, 6.07) is 15.6. The van der Waals surface area contributed by atoms with Gasteiger partial charge in [0.25, 0.3) is 0 Å². The second-order valence-corrected chi connectivity index (χ2v) is 4.82. The van der Waals surface area contributed by atoms with Crippen molar-refractivity contribution >= 4 is 17.3 Å². The Labute approximate surface area is 124 Å². The van der Waals surface area contributed by atoms with Gasteiger partial charge in [-0.15, -0.1) is 0 Å². The number of hydrogen-bond acceptors (Lipinski definition) is 3. The number of rotatable bonds is 6. The third kappa shape index (κ3) is 3.65. The molecule has 0 aliphatic heterocycles. The Hall–Kier alpha value is -1.71. The highest BCUT2D eigenvalue weighted by atomic mass is 35.5. The molecule has 0 bridgehead atoms. The first-order chi connectivity index (χ1) is 9.74. The molecule has 0 spiro atoms. The summed E-state index contributed by atoms with van der Waals surface area (Å²) in [5, 5.41) is 4.06. The summed E-state index contributed by atoms with van der Waals surface area (Å²) in [7, 11) is 0. The summed E-state index contributed by atoms with van der Waals surface area (Å²) >= 11 is 6.16. The molecule has 3 N–H and O–H groups in total. The first-order valence-electron chi connectivity index (χ1n) is 6.68. The number of nitrogens with one attached hydrogen (secondary N) is 1. The third-order valence-electron chi connectivity index (χ3n) is 3.03. The van der Waals surface area contributed by atoms with Gasteiger partial charge in [0.15, 0.2) is 0 Å². The maximum Gasteiger partial charge on any atom is 0.119 e. The monoisotopic (exact) mass is 290 g/mol. The van der Waals surface area contributed by atoms with Crippen LogP contribution in [-0.2, 0) is 0 Å². The average Bonchev–Trinajstić information content (AvgIpc) is 2.48. The number of ether oxygens (including phenoxy) is 1. The van der Waals surface area contributed by atoms with Gasteiger partial charge < -0.3 is 15.8 Å². The molecule has 0 aromatic heterocycles. The summed E-state index contributed by atoms with van der Waals surface area (Å²) in [6.45, 7) is 3.12. The maximum atomic E-state index is 6.16. The number of benzene rings is 2. The quantitative estimate of drug-likeness (QED) is 0.849. The molecule has 0 fully saturated rings. The van der Waals surface area contributed by atoms with E-state index >= 15 is 0 Å². The molecule has 20 heavy (non-hydrogen) atoms. The Bertz CT molecular complexity index is 542. The normalized spacial score (nSPS) is 11.9. The van der Waals surface area contributed by atoms with Gasteiger partial charge in [-0.2, -0.15) is 0 Å². The van der Waals surface area contributed by atoms with Crippen molar-refractivity contribution in [2.45, 2.75) is 13.0 Å². The molecule has 0 aliphatic carbocycles. The lowest BCUT2D eigenvalue weighted by Gasteiger charge is -2.19. The fraction of sp³-hybridized carbons (Fsp3) is 0.250. The van der Waals surface area contributed by atoms with E-state index in [0.29, 0.717) is 18.2 Å². The largest absolute Gasteiger partial charge is 0.494 e. The van der Waals surface area contributed by atoms with Gasteiger partial charge in [-0.3, -0.25) is 0 Å². The Morgan fingerprint density at radius 1 is 1.15 bits per heavy atom. The highest BCUT2D eigenvalue weighted by Crippen LogP contribution is 2.26. The van der Waals surface area contributed by atoms with Crippen molar-refractivity contribution in [3.63, 3.8) is 0 Å². The van der Waals surface area contributed by atoms with Crippen LogP contribution in [0.5, 0.6) is 5.75 Å². The van der Waals surface area contributed by atoms with Crippen LogP contribution in [0.15, 0.2) is 48.5 Å². The van der Waals surface area contributed by atoms with E-state index in [1.807, 2.05) is 55.5 Å². The predicted molar refractivity (Wildman–Crippen MR) is 84.5 cm³/mol. The molecule has 4 heteroatoms. The highest BCUT2D eigenvalue weighted by Gasteiger charge is 2.11. The Balaban J connectivity index is 2.13. The third-order valence-corrected chi connectivity index (χ3v) is 3.36. The van der Waals surface area contributed by atoms with E-state index in [4.69, 9.17) is 22.1 Å². The fourth-order valence-corrected chi connectivity index (χ4v) is 2.20. The summed E-state index contributed by atoms with van der Waals surface area (Å²) in [5.41, 5.74) is 7.86. The number of halogens is 1. The van der Waals surface area contributed by atoms with Crippen LogP contribution in [0, 0.1) is 0 Å². The molecule has 2 aromatic carbocycles. The minimum atomic E-state index is 0.0191. The highest BCUT2D eigenvalue weighted by molar-refractivity contribution is 6.33. The van der Waals surface area contributed by atoms with Crippen molar-refractivity contribution in [3.05, 3.63) is 59.1 Å². The molecular weight excluding hydrogens is 272 g/mol. The number of anilines is 1. The average molecular weight is 291 g/mol. The van der Waals surface area contributed by atoms with E-state index in [-0.39, 0.29) is 6.04 Å². The molecule has 3 nitrogen and oxygen atoms in total. The minimum Gasteiger partial charge on any atom is -0.494 e. The molecule has 1 atom stereocenters. The molecule has 2 aromatic rings. The fourth-order valence-electron chi connectivity index (χ4n) is 2.01. The van der Waals surface area contributed by atoms with Gasteiger partial charge >= 0.3 is 0 Å². The van der Waals surface area contributed by atoms with Crippen molar-refractivity contribution in [1.29, 1.82) is 0 Å². The van der Waals surface area contributed by atoms with E-state index < -0.39 is 0 Å². The molecule has 0 amide bonds. The SMILES string of the molecule is CCOc1ccc(C(CN)Nc2ccccc2Cl)cc1. The molecule has 0 saturated carbocycles. The van der Waals surface area contributed by atoms with Crippen molar-refractivity contribution in [3.8, 4) is 5.75 Å². The first kappa shape index (κ1) is 14.7. The van der Waals surface area contributed by atoms with Crippen LogP contribution in [0.25, 0.3) is 0 Å². The Morgan fingerprint density at radius 2 is 1.85 bits per heavy atom. The lowest BCUT2D eigenvalue weighted by molar-refractivity contribution is 0.340. The van der Waals surface area contributed by atoms with Crippen molar-refractivity contribution in [1.82, 2.24) is 0 Å². The summed E-state index contributed by atoms with van der Waals surface area (Å²) < 4.78 is 5.44. The minimum absolute atomic E-state index is 0.0191.